The van der Waals surface area contributed by atoms with Crippen molar-refractivity contribution in [2.75, 3.05) is 0 Å². The van der Waals surface area contributed by atoms with E-state index in [4.69, 9.17) is 0 Å². The fourth-order valence-corrected chi connectivity index (χ4v) is 2.17. The summed E-state index contributed by atoms with van der Waals surface area (Å²) >= 11 is 0. The second-order valence-electron chi connectivity index (χ2n) is 4.56. The van der Waals surface area contributed by atoms with E-state index < -0.39 is 0 Å². The molecule has 0 spiro atoms. The molecule has 0 radical (unpaired) electrons. The van der Waals surface area contributed by atoms with E-state index in [9.17, 15) is 4.79 Å². The maximum absolute atomic E-state index is 11.6. The molecule has 1 aromatic rings. The van der Waals surface area contributed by atoms with Crippen molar-refractivity contribution in [3.63, 3.8) is 0 Å². The van der Waals surface area contributed by atoms with Gasteiger partial charge in [-0.1, -0.05) is 24.3 Å². The standard InChI is InChI=1S/C13H18N2O/c1-9(2)14-13(16)15-12-8-7-10-5-3-4-6-11(10)12/h3-6,9,12H,7-8H2,1-2H3,(H2,14,15,16). The first-order valence-corrected chi connectivity index (χ1v) is 5.81. The van der Waals surface area contributed by atoms with Crippen LogP contribution in [0.25, 0.3) is 0 Å². The van der Waals surface area contributed by atoms with Crippen LogP contribution in [0.1, 0.15) is 37.4 Å². The molecule has 1 unspecified atom stereocenters. The minimum Gasteiger partial charge on any atom is -0.336 e. The van der Waals surface area contributed by atoms with Crippen LogP contribution in [-0.4, -0.2) is 12.1 Å². The van der Waals surface area contributed by atoms with Gasteiger partial charge in [-0.3, -0.25) is 0 Å². The predicted molar refractivity (Wildman–Crippen MR) is 64.3 cm³/mol. The molecule has 0 aromatic heterocycles. The molecule has 0 aliphatic heterocycles. The topological polar surface area (TPSA) is 41.1 Å². The van der Waals surface area contributed by atoms with Gasteiger partial charge in [-0.2, -0.15) is 0 Å². The maximum atomic E-state index is 11.6. The summed E-state index contributed by atoms with van der Waals surface area (Å²) in [5.74, 6) is 0. The smallest absolute Gasteiger partial charge is 0.315 e. The van der Waals surface area contributed by atoms with Crippen molar-refractivity contribution in [1.82, 2.24) is 10.6 Å². The lowest BCUT2D eigenvalue weighted by atomic mass is 10.1. The van der Waals surface area contributed by atoms with Crippen LogP contribution in [0.15, 0.2) is 24.3 Å². The number of hydrogen-bond acceptors (Lipinski definition) is 1. The molecule has 0 saturated heterocycles. The van der Waals surface area contributed by atoms with Crippen molar-refractivity contribution >= 4 is 6.03 Å². The van der Waals surface area contributed by atoms with E-state index in [1.165, 1.54) is 11.1 Å². The third kappa shape index (κ3) is 2.35. The summed E-state index contributed by atoms with van der Waals surface area (Å²) in [5.41, 5.74) is 2.62. The van der Waals surface area contributed by atoms with Gasteiger partial charge in [0.05, 0.1) is 6.04 Å². The molecule has 1 aromatic carbocycles. The first kappa shape index (κ1) is 11.0. The van der Waals surface area contributed by atoms with Gasteiger partial charge in [0.15, 0.2) is 0 Å². The number of fused-ring (bicyclic) bond motifs is 1. The molecule has 3 heteroatoms. The Kier molecular flexibility index (Phi) is 3.13. The number of carbonyl (C=O) groups excluding carboxylic acids is 1. The number of hydrogen-bond donors (Lipinski definition) is 2. The largest absolute Gasteiger partial charge is 0.336 e. The van der Waals surface area contributed by atoms with Crippen LogP contribution in [0.2, 0.25) is 0 Å². The Labute approximate surface area is 96.2 Å². The Morgan fingerprint density at radius 1 is 1.38 bits per heavy atom. The van der Waals surface area contributed by atoms with Crippen LogP contribution in [0, 0.1) is 0 Å². The normalized spacial score (nSPS) is 18.3. The fraction of sp³-hybridized carbons (Fsp3) is 0.462. The van der Waals surface area contributed by atoms with Crippen molar-refractivity contribution in [1.29, 1.82) is 0 Å². The van der Waals surface area contributed by atoms with Crippen molar-refractivity contribution in [2.24, 2.45) is 0 Å². The van der Waals surface area contributed by atoms with Gasteiger partial charge < -0.3 is 10.6 Å². The van der Waals surface area contributed by atoms with Gasteiger partial charge >= 0.3 is 6.03 Å². The van der Waals surface area contributed by atoms with Crippen LogP contribution in [0.3, 0.4) is 0 Å². The van der Waals surface area contributed by atoms with Crippen molar-refractivity contribution in [3.8, 4) is 0 Å². The minimum atomic E-state index is -0.0725. The first-order chi connectivity index (χ1) is 7.66. The number of urea groups is 1. The third-order valence-electron chi connectivity index (χ3n) is 2.86. The third-order valence-corrected chi connectivity index (χ3v) is 2.86. The number of amides is 2. The number of aryl methyl sites for hydroxylation is 1. The Morgan fingerprint density at radius 2 is 2.12 bits per heavy atom. The molecule has 1 aliphatic rings. The van der Waals surface area contributed by atoms with E-state index in [1.807, 2.05) is 19.9 Å². The molecule has 1 aliphatic carbocycles. The molecule has 2 N–H and O–H groups in total. The maximum Gasteiger partial charge on any atom is 0.315 e. The zero-order valence-electron chi connectivity index (χ0n) is 9.79. The van der Waals surface area contributed by atoms with Crippen LogP contribution in [-0.2, 0) is 6.42 Å². The molecule has 2 rings (SSSR count). The highest BCUT2D eigenvalue weighted by Gasteiger charge is 2.23. The summed E-state index contributed by atoms with van der Waals surface area (Å²) in [6.45, 7) is 3.92. The Morgan fingerprint density at radius 3 is 2.88 bits per heavy atom. The number of rotatable bonds is 2. The van der Waals surface area contributed by atoms with Crippen LogP contribution in [0.4, 0.5) is 4.79 Å². The zero-order chi connectivity index (χ0) is 11.5. The molecule has 2 amide bonds. The summed E-state index contributed by atoms with van der Waals surface area (Å²) in [6, 6.07) is 8.59. The van der Waals surface area contributed by atoms with E-state index in [-0.39, 0.29) is 18.1 Å². The summed E-state index contributed by atoms with van der Waals surface area (Å²) in [7, 11) is 0. The van der Waals surface area contributed by atoms with Gasteiger partial charge in [0.1, 0.15) is 0 Å². The monoisotopic (exact) mass is 218 g/mol. The SMILES string of the molecule is CC(C)NC(=O)NC1CCc2ccccc21. The minimum absolute atomic E-state index is 0.0725. The molecule has 0 bridgehead atoms. The van der Waals surface area contributed by atoms with Gasteiger partial charge in [0, 0.05) is 6.04 Å². The first-order valence-electron chi connectivity index (χ1n) is 5.81. The van der Waals surface area contributed by atoms with E-state index in [2.05, 4.69) is 28.8 Å². The van der Waals surface area contributed by atoms with E-state index >= 15 is 0 Å². The molecular formula is C13H18N2O. The lowest BCUT2D eigenvalue weighted by Crippen LogP contribution is -2.40. The second kappa shape index (κ2) is 4.56. The van der Waals surface area contributed by atoms with Crippen LogP contribution < -0.4 is 10.6 Å². The average molecular weight is 218 g/mol. The van der Waals surface area contributed by atoms with Gasteiger partial charge in [-0.15, -0.1) is 0 Å². The lowest BCUT2D eigenvalue weighted by molar-refractivity contribution is 0.234. The van der Waals surface area contributed by atoms with Gasteiger partial charge in [0.2, 0.25) is 0 Å². The van der Waals surface area contributed by atoms with Crippen LogP contribution in [0.5, 0.6) is 0 Å². The zero-order valence-corrected chi connectivity index (χ0v) is 9.79. The predicted octanol–water partition coefficient (Wildman–Crippen LogP) is 2.38. The highest BCUT2D eigenvalue weighted by molar-refractivity contribution is 5.74. The fourth-order valence-electron chi connectivity index (χ4n) is 2.17. The Hall–Kier alpha value is -1.51. The summed E-state index contributed by atoms with van der Waals surface area (Å²) in [4.78, 5) is 11.6. The average Bonchev–Trinajstić information content (AvgIpc) is 2.61. The summed E-state index contributed by atoms with van der Waals surface area (Å²) in [6.07, 6.45) is 2.06. The molecule has 0 fully saturated rings. The van der Waals surface area contributed by atoms with Gasteiger partial charge in [-0.25, -0.2) is 4.79 Å². The van der Waals surface area contributed by atoms with Crippen molar-refractivity contribution in [3.05, 3.63) is 35.4 Å². The Balaban J connectivity index is 2.00. The molecular weight excluding hydrogens is 200 g/mol. The highest BCUT2D eigenvalue weighted by atomic mass is 16.2. The van der Waals surface area contributed by atoms with Crippen molar-refractivity contribution in [2.45, 2.75) is 38.8 Å². The molecule has 3 nitrogen and oxygen atoms in total. The molecule has 0 heterocycles. The molecule has 1 atom stereocenters. The van der Waals surface area contributed by atoms with E-state index in [1.54, 1.807) is 0 Å². The highest BCUT2D eigenvalue weighted by Crippen LogP contribution is 2.30. The molecule has 16 heavy (non-hydrogen) atoms. The van der Waals surface area contributed by atoms with E-state index in [0.717, 1.165) is 12.8 Å². The summed E-state index contributed by atoms with van der Waals surface area (Å²) in [5, 5.41) is 5.87. The number of carbonyl (C=O) groups is 1. The molecule has 0 saturated carbocycles. The van der Waals surface area contributed by atoms with Crippen molar-refractivity contribution < 1.29 is 4.79 Å². The lowest BCUT2D eigenvalue weighted by Gasteiger charge is -2.16. The molecule has 86 valence electrons. The number of nitrogens with one attached hydrogen (secondary N) is 2. The van der Waals surface area contributed by atoms with E-state index in [0.29, 0.717) is 0 Å². The van der Waals surface area contributed by atoms with Gasteiger partial charge in [-0.05, 0) is 37.8 Å². The number of benzene rings is 1. The quantitative estimate of drug-likeness (QED) is 0.786. The second-order valence-corrected chi connectivity index (χ2v) is 4.56. The summed E-state index contributed by atoms with van der Waals surface area (Å²) < 4.78 is 0. The Bertz CT molecular complexity index is 387. The van der Waals surface area contributed by atoms with Crippen LogP contribution >= 0.6 is 0 Å². The van der Waals surface area contributed by atoms with Gasteiger partial charge in [0.25, 0.3) is 0 Å².